The number of alkyl halides is 2. The topological polar surface area (TPSA) is 60.8 Å². The van der Waals surface area contributed by atoms with Crippen molar-refractivity contribution in [1.82, 2.24) is 0 Å². The quantitative estimate of drug-likeness (QED) is 0.456. The molecule has 0 radical (unpaired) electrons. The number of rotatable bonds is 5. The van der Waals surface area contributed by atoms with E-state index in [1.54, 1.807) is 25.2 Å². The summed E-state index contributed by atoms with van der Waals surface area (Å²) in [5.74, 6) is -4.47. The van der Waals surface area contributed by atoms with Crippen LogP contribution in [-0.2, 0) is 4.79 Å². The van der Waals surface area contributed by atoms with Crippen LogP contribution in [0.25, 0.3) is 0 Å². The molecule has 0 saturated heterocycles. The van der Waals surface area contributed by atoms with Gasteiger partial charge < -0.3 is 15.1 Å². The fourth-order valence-electron chi connectivity index (χ4n) is 9.74. The second-order valence-electron chi connectivity index (χ2n) is 13.6. The lowest BCUT2D eigenvalue weighted by Crippen LogP contribution is -2.64. The molecule has 0 aliphatic heterocycles. The minimum absolute atomic E-state index is 0.0812. The number of aliphatic hydroxyl groups excluding tert-OH is 2. The number of anilines is 1. The fraction of sp³-hybridized carbons (Fsp3) is 0.774. The van der Waals surface area contributed by atoms with Crippen molar-refractivity contribution < 1.29 is 28.2 Å². The molecule has 4 aliphatic rings. The SMILES string of the molecule is C[C@H](CCC(=O)N(C)c1ccccc1F)[C@H]1CC[C@H]2[C@H]3[C@H](CC[C@]12C)[C@@]1(C)CC[C@H](O)[C@H](O)[C@@H]1CC3(F)F. The Balaban J connectivity index is 1.30. The first kappa shape index (κ1) is 27.9. The van der Waals surface area contributed by atoms with Crippen LogP contribution in [0.1, 0.15) is 78.6 Å². The van der Waals surface area contributed by atoms with Crippen LogP contribution in [0, 0.1) is 52.2 Å². The van der Waals surface area contributed by atoms with Crippen LogP contribution >= 0.6 is 0 Å². The first-order chi connectivity index (χ1) is 17.8. The maximum Gasteiger partial charge on any atom is 0.251 e. The highest BCUT2D eigenvalue weighted by molar-refractivity contribution is 5.92. The van der Waals surface area contributed by atoms with E-state index in [0.717, 1.165) is 25.7 Å². The second-order valence-corrected chi connectivity index (χ2v) is 13.6. The minimum atomic E-state index is -2.87. The summed E-state index contributed by atoms with van der Waals surface area (Å²) in [5, 5.41) is 21.0. The maximum atomic E-state index is 16.0. The summed E-state index contributed by atoms with van der Waals surface area (Å²) < 4.78 is 46.1. The van der Waals surface area contributed by atoms with E-state index in [-0.39, 0.29) is 52.5 Å². The van der Waals surface area contributed by atoms with Gasteiger partial charge in [0.25, 0.3) is 5.92 Å². The van der Waals surface area contributed by atoms with Gasteiger partial charge in [0.15, 0.2) is 0 Å². The van der Waals surface area contributed by atoms with Crippen molar-refractivity contribution in [2.75, 3.05) is 11.9 Å². The third kappa shape index (κ3) is 4.31. The molecule has 1 aromatic rings. The van der Waals surface area contributed by atoms with Gasteiger partial charge in [-0.1, -0.05) is 32.9 Å². The van der Waals surface area contributed by atoms with Gasteiger partial charge >= 0.3 is 0 Å². The van der Waals surface area contributed by atoms with Gasteiger partial charge in [-0.3, -0.25) is 4.79 Å². The van der Waals surface area contributed by atoms with Gasteiger partial charge in [0.2, 0.25) is 5.91 Å². The van der Waals surface area contributed by atoms with Crippen LogP contribution in [-0.4, -0.2) is 41.3 Å². The summed E-state index contributed by atoms with van der Waals surface area (Å²) in [7, 11) is 1.60. The first-order valence-corrected chi connectivity index (χ1v) is 14.6. The largest absolute Gasteiger partial charge is 0.390 e. The van der Waals surface area contributed by atoms with Gasteiger partial charge in [0.1, 0.15) is 5.82 Å². The lowest BCUT2D eigenvalue weighted by atomic mass is 9.43. The maximum absolute atomic E-state index is 16.0. The lowest BCUT2D eigenvalue weighted by molar-refractivity contribution is -0.258. The van der Waals surface area contributed by atoms with Gasteiger partial charge in [-0.25, -0.2) is 13.2 Å². The zero-order valence-corrected chi connectivity index (χ0v) is 23.2. The molecular formula is C31H44F3NO3. The van der Waals surface area contributed by atoms with Crippen molar-refractivity contribution in [3.63, 3.8) is 0 Å². The van der Waals surface area contributed by atoms with E-state index in [0.29, 0.717) is 25.7 Å². The van der Waals surface area contributed by atoms with Crippen LogP contribution in [0.15, 0.2) is 24.3 Å². The highest BCUT2D eigenvalue weighted by Gasteiger charge is 2.69. The first-order valence-electron chi connectivity index (χ1n) is 14.6. The van der Waals surface area contributed by atoms with E-state index >= 15 is 8.78 Å². The average molecular weight is 536 g/mol. The lowest BCUT2D eigenvalue weighted by Gasteiger charge is -2.63. The molecule has 1 aromatic carbocycles. The zero-order chi connectivity index (χ0) is 27.6. The number of hydrogen-bond acceptors (Lipinski definition) is 3. The number of hydrogen-bond donors (Lipinski definition) is 2. The van der Waals surface area contributed by atoms with Crippen molar-refractivity contribution in [3.8, 4) is 0 Å². The van der Waals surface area contributed by atoms with Crippen molar-refractivity contribution in [2.24, 2.45) is 46.3 Å². The Bertz CT molecular complexity index is 1050. The molecule has 0 aromatic heterocycles. The van der Waals surface area contributed by atoms with Gasteiger partial charge in [-0.2, -0.15) is 0 Å². The molecule has 4 saturated carbocycles. The van der Waals surface area contributed by atoms with Gasteiger partial charge in [-0.05, 0) is 97.5 Å². The molecule has 5 rings (SSSR count). The summed E-state index contributed by atoms with van der Waals surface area (Å²) in [6.07, 6.45) is 3.05. The molecule has 1 amide bonds. The Morgan fingerprint density at radius 1 is 1.03 bits per heavy atom. The third-order valence-corrected chi connectivity index (χ3v) is 11.9. The van der Waals surface area contributed by atoms with Gasteiger partial charge in [-0.15, -0.1) is 0 Å². The fourth-order valence-corrected chi connectivity index (χ4v) is 9.74. The summed E-state index contributed by atoms with van der Waals surface area (Å²) in [5.41, 5.74) is -0.316. The number of benzene rings is 1. The van der Waals surface area contributed by atoms with Crippen molar-refractivity contribution in [1.29, 1.82) is 0 Å². The molecule has 0 heterocycles. The van der Waals surface area contributed by atoms with Crippen molar-refractivity contribution in [2.45, 2.75) is 96.7 Å². The van der Waals surface area contributed by atoms with Crippen molar-refractivity contribution >= 4 is 11.6 Å². The monoisotopic (exact) mass is 535 g/mol. The number of carbonyl (C=O) groups excluding carboxylic acids is 1. The molecule has 0 bridgehead atoms. The highest BCUT2D eigenvalue weighted by Crippen LogP contribution is 2.71. The highest BCUT2D eigenvalue weighted by atomic mass is 19.3. The summed E-state index contributed by atoms with van der Waals surface area (Å²) >= 11 is 0. The van der Waals surface area contributed by atoms with E-state index < -0.39 is 35.8 Å². The number of nitrogens with zero attached hydrogens (tertiary/aromatic N) is 1. The standard InChI is InChI=1S/C31H44F3NO3/c1-18(9-12-26(37)35(4)24-8-6-5-7-23(24)32)19-10-11-20-27-21(13-15-29(19,20)2)30(3)16-14-25(36)28(38)22(30)17-31(27,33)34/h5-8,18-22,25,27-28,36,38H,9-17H2,1-4H3/t18-,19-,20+,21+,22+,25+,27+,28-,29-,30-/m1/s1. The van der Waals surface area contributed by atoms with E-state index in [1.807, 2.05) is 0 Å². The second kappa shape index (κ2) is 9.79. The summed E-state index contributed by atoms with van der Waals surface area (Å²) in [6.45, 7) is 6.45. The Kier molecular flexibility index (Phi) is 7.20. The normalized spacial score (nSPS) is 42.5. The van der Waals surface area contributed by atoms with Crippen LogP contribution in [0.4, 0.5) is 18.9 Å². The molecule has 212 valence electrons. The Morgan fingerprint density at radius 2 is 1.68 bits per heavy atom. The predicted molar refractivity (Wildman–Crippen MR) is 141 cm³/mol. The van der Waals surface area contributed by atoms with Gasteiger partial charge in [0, 0.05) is 25.8 Å². The average Bonchev–Trinajstić information content (AvgIpc) is 3.23. The summed E-state index contributed by atoms with van der Waals surface area (Å²) in [6, 6.07) is 6.25. The molecule has 4 fully saturated rings. The number of amides is 1. The molecule has 10 atom stereocenters. The Morgan fingerprint density at radius 3 is 2.39 bits per heavy atom. The molecule has 2 N–H and O–H groups in total. The minimum Gasteiger partial charge on any atom is -0.390 e. The smallest absolute Gasteiger partial charge is 0.251 e. The van der Waals surface area contributed by atoms with E-state index in [2.05, 4.69) is 20.8 Å². The Hall–Kier alpha value is -1.60. The summed E-state index contributed by atoms with van der Waals surface area (Å²) in [4.78, 5) is 14.3. The van der Waals surface area contributed by atoms with E-state index in [4.69, 9.17) is 0 Å². The number of para-hydroxylation sites is 1. The molecule has 38 heavy (non-hydrogen) atoms. The molecule has 4 aliphatic carbocycles. The van der Waals surface area contributed by atoms with E-state index in [1.165, 1.54) is 11.0 Å². The molecule has 0 unspecified atom stereocenters. The zero-order valence-electron chi connectivity index (χ0n) is 23.2. The van der Waals surface area contributed by atoms with Crippen LogP contribution in [0.5, 0.6) is 0 Å². The molecule has 4 nitrogen and oxygen atoms in total. The Labute approximate surface area is 225 Å². The van der Waals surface area contributed by atoms with Crippen LogP contribution < -0.4 is 4.90 Å². The number of fused-ring (bicyclic) bond motifs is 5. The molecule has 7 heteroatoms. The molecular weight excluding hydrogens is 491 g/mol. The third-order valence-electron chi connectivity index (χ3n) is 11.9. The number of carbonyl (C=O) groups is 1. The van der Waals surface area contributed by atoms with Crippen LogP contribution in [0.3, 0.4) is 0 Å². The molecule has 0 spiro atoms. The number of halogens is 3. The number of aliphatic hydroxyl groups is 2. The van der Waals surface area contributed by atoms with Gasteiger partial charge in [0.05, 0.1) is 17.9 Å². The van der Waals surface area contributed by atoms with Crippen LogP contribution in [0.2, 0.25) is 0 Å². The van der Waals surface area contributed by atoms with E-state index in [9.17, 15) is 19.4 Å². The van der Waals surface area contributed by atoms with Crippen molar-refractivity contribution in [3.05, 3.63) is 30.1 Å². The predicted octanol–water partition coefficient (Wildman–Crippen LogP) is 6.44.